The molecule has 0 aromatic rings. The third-order valence-electron chi connectivity index (χ3n) is 5.70. The van der Waals surface area contributed by atoms with Gasteiger partial charge in [0.1, 0.15) is 5.60 Å². The van der Waals surface area contributed by atoms with Crippen LogP contribution >= 0.6 is 0 Å². The van der Waals surface area contributed by atoms with Crippen LogP contribution in [0.3, 0.4) is 0 Å². The topological polar surface area (TPSA) is 55.8 Å². The van der Waals surface area contributed by atoms with Crippen molar-refractivity contribution in [2.75, 3.05) is 6.54 Å². The van der Waals surface area contributed by atoms with Gasteiger partial charge in [-0.2, -0.15) is 0 Å². The minimum atomic E-state index is -0.592. The normalized spacial score (nSPS) is 15.5. The van der Waals surface area contributed by atoms with Gasteiger partial charge in [-0.3, -0.25) is 0 Å². The Morgan fingerprint density at radius 2 is 1.50 bits per heavy atom. The van der Waals surface area contributed by atoms with Crippen LogP contribution in [-0.2, 0) is 9.47 Å². The van der Waals surface area contributed by atoms with Crippen LogP contribution in [0.25, 0.3) is 0 Å². The molecule has 0 heterocycles. The lowest BCUT2D eigenvalue weighted by atomic mass is 9.79. The number of unbranched alkanes of at least 4 members (excludes halogenated alkanes) is 6. The molecule has 0 aromatic carbocycles. The van der Waals surface area contributed by atoms with Gasteiger partial charge < -0.3 is 9.47 Å². The van der Waals surface area contributed by atoms with Crippen LogP contribution in [0.1, 0.15) is 112 Å². The number of hydrogen-bond donors (Lipinski definition) is 0. The van der Waals surface area contributed by atoms with Crippen molar-refractivity contribution >= 4 is 12.2 Å². The Morgan fingerprint density at radius 3 is 2.07 bits per heavy atom. The van der Waals surface area contributed by atoms with Gasteiger partial charge in [-0.25, -0.2) is 14.5 Å². The fourth-order valence-electron chi connectivity index (χ4n) is 3.91. The van der Waals surface area contributed by atoms with Gasteiger partial charge in [-0.05, 0) is 52.9 Å². The summed E-state index contributed by atoms with van der Waals surface area (Å²) >= 11 is 0. The van der Waals surface area contributed by atoms with Crippen LogP contribution in [0.2, 0.25) is 0 Å². The van der Waals surface area contributed by atoms with Crippen molar-refractivity contribution in [1.29, 1.82) is 0 Å². The van der Waals surface area contributed by atoms with E-state index in [0.717, 1.165) is 37.0 Å². The first-order valence-electron chi connectivity index (χ1n) is 11.5. The molecule has 1 aliphatic carbocycles. The predicted octanol–water partition coefficient (Wildman–Crippen LogP) is 7.08. The number of hydrogen-bond acceptors (Lipinski definition) is 4. The summed E-state index contributed by atoms with van der Waals surface area (Å²) in [7, 11) is 0. The number of nitrogens with zero attached hydrogens (tertiary/aromatic N) is 1. The van der Waals surface area contributed by atoms with Crippen LogP contribution in [0, 0.1) is 5.92 Å². The first kappa shape index (κ1) is 24.8. The van der Waals surface area contributed by atoms with E-state index in [-0.39, 0.29) is 6.10 Å². The maximum absolute atomic E-state index is 12.8. The molecular formula is C23H43NO4. The first-order valence-corrected chi connectivity index (χ1v) is 11.5. The fourth-order valence-corrected chi connectivity index (χ4v) is 3.91. The van der Waals surface area contributed by atoms with E-state index in [4.69, 9.17) is 9.47 Å². The SMILES string of the molecule is CCCCCCCCCN(C(=O)OC(C)C)C(=O)OC(C)(C)C1CCCCC1. The quantitative estimate of drug-likeness (QED) is 0.349. The van der Waals surface area contributed by atoms with E-state index in [9.17, 15) is 9.59 Å². The second-order valence-corrected chi connectivity index (χ2v) is 9.01. The largest absolute Gasteiger partial charge is 0.446 e. The van der Waals surface area contributed by atoms with Gasteiger partial charge in [-0.1, -0.05) is 64.7 Å². The lowest BCUT2D eigenvalue weighted by Crippen LogP contribution is -2.46. The van der Waals surface area contributed by atoms with Crippen molar-refractivity contribution in [1.82, 2.24) is 4.90 Å². The van der Waals surface area contributed by atoms with E-state index in [0.29, 0.717) is 12.5 Å². The summed E-state index contributed by atoms with van der Waals surface area (Å²) in [6, 6.07) is 0. The average molecular weight is 398 g/mol. The van der Waals surface area contributed by atoms with Crippen molar-refractivity contribution in [2.24, 2.45) is 5.92 Å². The molecule has 1 fully saturated rings. The molecule has 0 aromatic heterocycles. The predicted molar refractivity (Wildman–Crippen MR) is 113 cm³/mol. The fraction of sp³-hybridized carbons (Fsp3) is 0.913. The van der Waals surface area contributed by atoms with Crippen molar-refractivity contribution in [2.45, 2.75) is 123 Å². The molecule has 0 unspecified atom stereocenters. The summed E-state index contributed by atoms with van der Waals surface area (Å²) in [5.41, 5.74) is -0.561. The summed E-state index contributed by atoms with van der Waals surface area (Å²) < 4.78 is 11.1. The molecule has 0 N–H and O–H groups in total. The lowest BCUT2D eigenvalue weighted by molar-refractivity contribution is -0.0350. The number of carbonyl (C=O) groups is 2. The third kappa shape index (κ3) is 9.29. The van der Waals surface area contributed by atoms with E-state index in [1.807, 2.05) is 13.8 Å². The maximum Gasteiger partial charge on any atom is 0.419 e. The number of imide groups is 1. The van der Waals surface area contributed by atoms with Crippen LogP contribution < -0.4 is 0 Å². The van der Waals surface area contributed by atoms with E-state index >= 15 is 0 Å². The van der Waals surface area contributed by atoms with Gasteiger partial charge in [0.25, 0.3) is 0 Å². The molecule has 0 spiro atoms. The molecular weight excluding hydrogens is 354 g/mol. The number of ether oxygens (including phenoxy) is 2. The molecule has 5 nitrogen and oxygen atoms in total. The Balaban J connectivity index is 2.59. The molecule has 0 aliphatic heterocycles. The molecule has 1 saturated carbocycles. The molecule has 0 bridgehead atoms. The second kappa shape index (κ2) is 13.1. The van der Waals surface area contributed by atoms with Crippen LogP contribution in [-0.4, -0.2) is 35.3 Å². The van der Waals surface area contributed by atoms with Crippen molar-refractivity contribution in [3.8, 4) is 0 Å². The summed E-state index contributed by atoms with van der Waals surface area (Å²) in [5.74, 6) is 0.353. The van der Waals surface area contributed by atoms with Gasteiger partial charge in [0.2, 0.25) is 0 Å². The monoisotopic (exact) mass is 397 g/mol. The highest BCUT2D eigenvalue weighted by Gasteiger charge is 2.37. The Kier molecular flexibility index (Phi) is 11.6. The Hall–Kier alpha value is -1.26. The molecule has 0 radical (unpaired) electrons. The van der Waals surface area contributed by atoms with Crippen molar-refractivity contribution in [3.63, 3.8) is 0 Å². The zero-order valence-electron chi connectivity index (χ0n) is 18.9. The van der Waals surface area contributed by atoms with E-state index in [2.05, 4.69) is 6.92 Å². The van der Waals surface area contributed by atoms with Crippen LogP contribution in [0.15, 0.2) is 0 Å². The standard InChI is InChI=1S/C23H43NO4/c1-6-7-8-9-10-11-15-18-24(21(25)27-19(2)3)22(26)28-23(4,5)20-16-13-12-14-17-20/h19-20H,6-18H2,1-5H3. The minimum Gasteiger partial charge on any atom is -0.446 e. The molecule has 28 heavy (non-hydrogen) atoms. The average Bonchev–Trinajstić information content (AvgIpc) is 2.63. The first-order chi connectivity index (χ1) is 13.3. The Morgan fingerprint density at radius 1 is 0.929 bits per heavy atom. The highest BCUT2D eigenvalue weighted by molar-refractivity contribution is 5.88. The summed E-state index contributed by atoms with van der Waals surface area (Å²) in [4.78, 5) is 26.5. The highest BCUT2D eigenvalue weighted by Crippen LogP contribution is 2.35. The van der Waals surface area contributed by atoms with Crippen molar-refractivity contribution in [3.05, 3.63) is 0 Å². The highest BCUT2D eigenvalue weighted by atomic mass is 16.6. The Labute approximate surface area is 172 Å². The van der Waals surface area contributed by atoms with Gasteiger partial charge in [-0.15, -0.1) is 0 Å². The molecule has 0 saturated heterocycles. The summed E-state index contributed by atoms with van der Waals surface area (Å²) in [6.07, 6.45) is 12.3. The number of amides is 2. The van der Waals surface area contributed by atoms with Gasteiger partial charge in [0.15, 0.2) is 0 Å². The van der Waals surface area contributed by atoms with E-state index in [1.54, 1.807) is 13.8 Å². The van der Waals surface area contributed by atoms with Crippen LogP contribution in [0.4, 0.5) is 9.59 Å². The van der Waals surface area contributed by atoms with Crippen LogP contribution in [0.5, 0.6) is 0 Å². The third-order valence-corrected chi connectivity index (χ3v) is 5.70. The number of carbonyl (C=O) groups excluding carboxylic acids is 2. The smallest absolute Gasteiger partial charge is 0.419 e. The second-order valence-electron chi connectivity index (χ2n) is 9.01. The molecule has 2 amide bonds. The summed E-state index contributed by atoms with van der Waals surface area (Å²) in [6.45, 7) is 10.1. The van der Waals surface area contributed by atoms with Gasteiger partial charge in [0, 0.05) is 6.54 Å². The zero-order chi connectivity index (χ0) is 21.0. The number of rotatable bonds is 11. The van der Waals surface area contributed by atoms with Crippen molar-refractivity contribution < 1.29 is 19.1 Å². The molecule has 5 heteroatoms. The molecule has 1 aliphatic rings. The Bertz CT molecular complexity index is 456. The molecule has 1 rings (SSSR count). The lowest BCUT2D eigenvalue weighted by Gasteiger charge is -2.37. The maximum atomic E-state index is 12.8. The van der Waals surface area contributed by atoms with Gasteiger partial charge in [0.05, 0.1) is 6.10 Å². The van der Waals surface area contributed by atoms with E-state index < -0.39 is 17.8 Å². The minimum absolute atomic E-state index is 0.261. The van der Waals surface area contributed by atoms with Gasteiger partial charge >= 0.3 is 12.2 Å². The summed E-state index contributed by atoms with van der Waals surface area (Å²) in [5, 5.41) is 0. The molecule has 164 valence electrons. The zero-order valence-corrected chi connectivity index (χ0v) is 18.9. The van der Waals surface area contributed by atoms with E-state index in [1.165, 1.54) is 44.9 Å². The molecule has 0 atom stereocenters.